The Labute approximate surface area is 137 Å². The summed E-state index contributed by atoms with van der Waals surface area (Å²) in [5.74, 6) is -0.274. The number of carbonyl (C=O) groups is 2. The van der Waals surface area contributed by atoms with Crippen LogP contribution in [0.15, 0.2) is 0 Å². The first-order valence-corrected chi connectivity index (χ1v) is 8.24. The van der Waals surface area contributed by atoms with Crippen LogP contribution in [0.5, 0.6) is 0 Å². The lowest BCUT2D eigenvalue weighted by Gasteiger charge is -2.34. The molecule has 0 atom stereocenters. The Morgan fingerprint density at radius 3 is 2.43 bits per heavy atom. The van der Waals surface area contributed by atoms with Gasteiger partial charge in [-0.25, -0.2) is 0 Å². The number of nitrogens with one attached hydrogen (secondary N) is 1. The number of aromatic nitrogens is 2. The number of aryl methyl sites for hydroxylation is 2. The van der Waals surface area contributed by atoms with Crippen molar-refractivity contribution in [3.63, 3.8) is 0 Å². The van der Waals surface area contributed by atoms with E-state index in [9.17, 15) is 9.59 Å². The van der Waals surface area contributed by atoms with Crippen LogP contribution in [-0.4, -0.2) is 35.3 Å². The molecule has 1 amide bonds. The average molecular weight is 321 g/mol. The number of hydrogen-bond donors (Lipinski definition) is 1. The highest BCUT2D eigenvalue weighted by Crippen LogP contribution is 2.36. The Bertz CT molecular complexity index is 586. The van der Waals surface area contributed by atoms with Gasteiger partial charge in [0.05, 0.1) is 24.6 Å². The summed E-state index contributed by atoms with van der Waals surface area (Å²) in [4.78, 5) is 24.5. The summed E-state index contributed by atoms with van der Waals surface area (Å²) in [5.41, 5.74) is 2.28. The van der Waals surface area contributed by atoms with Crippen LogP contribution in [-0.2, 0) is 27.8 Å². The summed E-state index contributed by atoms with van der Waals surface area (Å²) in [6, 6.07) is 0. The maximum Gasteiger partial charge on any atom is 0.313 e. The number of amides is 1. The Morgan fingerprint density at radius 2 is 1.91 bits per heavy atom. The summed E-state index contributed by atoms with van der Waals surface area (Å²) in [5, 5.41) is 7.28. The molecule has 6 nitrogen and oxygen atoms in total. The monoisotopic (exact) mass is 321 g/mol. The Balaban J connectivity index is 2.00. The number of carbonyl (C=O) groups excluding carboxylic acids is 2. The molecule has 1 N–H and O–H groups in total. The fourth-order valence-electron chi connectivity index (χ4n) is 3.46. The van der Waals surface area contributed by atoms with Crippen LogP contribution in [0, 0.1) is 19.3 Å². The molecule has 0 aromatic carbocycles. The third-order valence-corrected chi connectivity index (χ3v) is 5.05. The van der Waals surface area contributed by atoms with Crippen molar-refractivity contribution in [2.75, 3.05) is 13.7 Å². The minimum absolute atomic E-state index is 0.0712. The van der Waals surface area contributed by atoms with Crippen molar-refractivity contribution >= 4 is 11.9 Å². The van der Waals surface area contributed by atoms with Crippen LogP contribution in [0.25, 0.3) is 0 Å². The second kappa shape index (κ2) is 7.15. The molecule has 0 radical (unpaired) electrons. The van der Waals surface area contributed by atoms with Gasteiger partial charge in [-0.15, -0.1) is 0 Å². The fraction of sp³-hybridized carbons (Fsp3) is 0.706. The molecule has 0 spiro atoms. The maximum absolute atomic E-state index is 12.3. The largest absolute Gasteiger partial charge is 0.469 e. The highest BCUT2D eigenvalue weighted by atomic mass is 16.5. The van der Waals surface area contributed by atoms with E-state index >= 15 is 0 Å². The first kappa shape index (κ1) is 17.5. The molecule has 1 aromatic rings. The van der Waals surface area contributed by atoms with Gasteiger partial charge in [-0.3, -0.25) is 14.3 Å². The van der Waals surface area contributed by atoms with Crippen LogP contribution in [0.4, 0.5) is 0 Å². The lowest BCUT2D eigenvalue weighted by Crippen LogP contribution is -2.45. The van der Waals surface area contributed by atoms with Gasteiger partial charge >= 0.3 is 5.97 Å². The molecule has 6 heteroatoms. The third-order valence-electron chi connectivity index (χ3n) is 5.05. The van der Waals surface area contributed by atoms with Crippen LogP contribution >= 0.6 is 0 Å². The van der Waals surface area contributed by atoms with E-state index in [-0.39, 0.29) is 11.9 Å². The van der Waals surface area contributed by atoms with Crippen molar-refractivity contribution in [1.29, 1.82) is 0 Å². The molecule has 1 fully saturated rings. The number of nitrogens with zero attached hydrogens (tertiary/aromatic N) is 2. The van der Waals surface area contributed by atoms with Gasteiger partial charge in [-0.2, -0.15) is 5.10 Å². The number of ether oxygens (including phenoxy) is 1. The van der Waals surface area contributed by atoms with Gasteiger partial charge < -0.3 is 10.1 Å². The van der Waals surface area contributed by atoms with Gasteiger partial charge in [0.2, 0.25) is 5.91 Å². The van der Waals surface area contributed by atoms with E-state index < -0.39 is 5.41 Å². The van der Waals surface area contributed by atoms with E-state index in [1.54, 1.807) is 4.68 Å². The molecule has 23 heavy (non-hydrogen) atoms. The fourth-order valence-corrected chi connectivity index (χ4v) is 3.46. The molecule has 1 saturated carbocycles. The predicted octanol–water partition coefficient (Wildman–Crippen LogP) is 1.82. The SMILES string of the molecule is COC(=O)C1(CNC(=O)Cc2c(C)nn(C)c2C)CCCCC1. The second-order valence-electron chi connectivity index (χ2n) is 6.56. The highest BCUT2D eigenvalue weighted by Gasteiger charge is 2.40. The molecule has 0 saturated heterocycles. The number of methoxy groups -OCH3 is 1. The normalized spacial score (nSPS) is 16.9. The highest BCUT2D eigenvalue weighted by molar-refractivity contribution is 5.81. The zero-order valence-electron chi connectivity index (χ0n) is 14.6. The molecule has 2 rings (SSSR count). The second-order valence-corrected chi connectivity index (χ2v) is 6.56. The Hall–Kier alpha value is -1.85. The molecular weight excluding hydrogens is 294 g/mol. The third kappa shape index (κ3) is 3.74. The Morgan fingerprint density at radius 1 is 1.26 bits per heavy atom. The summed E-state index contributed by atoms with van der Waals surface area (Å²) in [7, 11) is 3.29. The molecule has 0 aliphatic heterocycles. The van der Waals surface area contributed by atoms with Crippen molar-refractivity contribution in [3.05, 3.63) is 17.0 Å². The molecule has 0 unspecified atom stereocenters. The molecular formula is C17H27N3O3. The average Bonchev–Trinajstić information content (AvgIpc) is 2.79. The summed E-state index contributed by atoms with van der Waals surface area (Å²) in [6.45, 7) is 4.23. The van der Waals surface area contributed by atoms with Gasteiger partial charge in [0.15, 0.2) is 0 Å². The lowest BCUT2D eigenvalue weighted by molar-refractivity contribution is -0.154. The van der Waals surface area contributed by atoms with Crippen LogP contribution in [0.2, 0.25) is 0 Å². The number of rotatable bonds is 5. The lowest BCUT2D eigenvalue weighted by atomic mass is 9.74. The summed E-state index contributed by atoms with van der Waals surface area (Å²) < 4.78 is 6.77. The van der Waals surface area contributed by atoms with Crippen LogP contribution < -0.4 is 5.32 Å². The zero-order chi connectivity index (χ0) is 17.0. The smallest absolute Gasteiger partial charge is 0.313 e. The van der Waals surface area contributed by atoms with Crippen molar-refractivity contribution in [1.82, 2.24) is 15.1 Å². The molecule has 1 aromatic heterocycles. The molecule has 1 heterocycles. The number of esters is 1. The van der Waals surface area contributed by atoms with Crippen molar-refractivity contribution in [2.24, 2.45) is 12.5 Å². The zero-order valence-corrected chi connectivity index (χ0v) is 14.6. The van der Waals surface area contributed by atoms with E-state index in [4.69, 9.17) is 4.74 Å². The van der Waals surface area contributed by atoms with E-state index in [2.05, 4.69) is 10.4 Å². The first-order chi connectivity index (χ1) is 10.9. The molecule has 1 aliphatic carbocycles. The summed E-state index contributed by atoms with van der Waals surface area (Å²) >= 11 is 0. The summed E-state index contributed by atoms with van der Waals surface area (Å²) in [6.07, 6.45) is 5.01. The van der Waals surface area contributed by atoms with E-state index in [0.717, 1.165) is 49.1 Å². The van der Waals surface area contributed by atoms with Crippen LogP contribution in [0.1, 0.15) is 49.1 Å². The van der Waals surface area contributed by atoms with Gasteiger partial charge in [0, 0.05) is 24.8 Å². The van der Waals surface area contributed by atoms with Crippen molar-refractivity contribution in [2.45, 2.75) is 52.4 Å². The maximum atomic E-state index is 12.3. The van der Waals surface area contributed by atoms with Gasteiger partial charge in [-0.05, 0) is 26.7 Å². The van der Waals surface area contributed by atoms with Crippen molar-refractivity contribution in [3.8, 4) is 0 Å². The van der Waals surface area contributed by atoms with Gasteiger partial charge in [-0.1, -0.05) is 19.3 Å². The number of hydrogen-bond acceptors (Lipinski definition) is 4. The molecule has 0 bridgehead atoms. The molecule has 128 valence electrons. The first-order valence-electron chi connectivity index (χ1n) is 8.24. The Kier molecular flexibility index (Phi) is 5.44. The standard InChI is InChI=1S/C17H27N3O3/c1-12-14(13(2)20(3)19-12)10-15(21)18-11-17(16(22)23-4)8-6-5-7-9-17/h5-11H2,1-4H3,(H,18,21). The minimum atomic E-state index is -0.554. The quantitative estimate of drug-likeness (QED) is 0.840. The predicted molar refractivity (Wildman–Crippen MR) is 86.9 cm³/mol. The van der Waals surface area contributed by atoms with E-state index in [0.29, 0.717) is 13.0 Å². The van der Waals surface area contributed by atoms with Gasteiger partial charge in [0.25, 0.3) is 0 Å². The minimum Gasteiger partial charge on any atom is -0.469 e. The topological polar surface area (TPSA) is 73.2 Å². The van der Waals surface area contributed by atoms with E-state index in [1.807, 2.05) is 20.9 Å². The van der Waals surface area contributed by atoms with Gasteiger partial charge in [0.1, 0.15) is 0 Å². The molecule has 1 aliphatic rings. The van der Waals surface area contributed by atoms with Crippen molar-refractivity contribution < 1.29 is 14.3 Å². The van der Waals surface area contributed by atoms with E-state index in [1.165, 1.54) is 7.11 Å². The van der Waals surface area contributed by atoms with Crippen LogP contribution in [0.3, 0.4) is 0 Å².